The van der Waals surface area contributed by atoms with Crippen LogP contribution in [0.25, 0.3) is 0 Å². The van der Waals surface area contributed by atoms with Gasteiger partial charge < -0.3 is 10.6 Å². The summed E-state index contributed by atoms with van der Waals surface area (Å²) >= 11 is 0. The van der Waals surface area contributed by atoms with Crippen molar-refractivity contribution < 1.29 is 4.39 Å². The highest BCUT2D eigenvalue weighted by molar-refractivity contribution is 5.84. The molecule has 2 N–H and O–H groups in total. The molecule has 2 rings (SSSR count). The summed E-state index contributed by atoms with van der Waals surface area (Å²) in [6, 6.07) is 6.45. The number of hydrogen-bond acceptors (Lipinski definition) is 1. The smallest absolute Gasteiger partial charge is 0.196 e. The molecule has 1 aromatic carbocycles. The van der Waals surface area contributed by atoms with Crippen LogP contribution in [0.4, 0.5) is 10.1 Å². The molecule has 4 heteroatoms. The normalized spacial score (nSPS) is 15.0. The summed E-state index contributed by atoms with van der Waals surface area (Å²) in [4.78, 5) is 4.08. The first-order chi connectivity index (χ1) is 6.36. The minimum Gasteiger partial charge on any atom is -0.354 e. The predicted molar refractivity (Wildman–Crippen MR) is 49.5 cm³/mol. The molecule has 0 unspecified atom stereocenters. The average molecular weight is 179 g/mol. The minimum atomic E-state index is -0.300. The summed E-state index contributed by atoms with van der Waals surface area (Å²) in [5.74, 6) is 0.343. The SMILES string of the molecule is Fc1ccccc1N=C1NCCN1. The van der Waals surface area contributed by atoms with E-state index in [9.17, 15) is 4.39 Å². The fraction of sp³-hybridized carbons (Fsp3) is 0.222. The Hall–Kier alpha value is -1.58. The second kappa shape index (κ2) is 3.43. The van der Waals surface area contributed by atoms with Crippen LogP contribution >= 0.6 is 0 Å². The molecule has 1 aliphatic heterocycles. The zero-order valence-corrected chi connectivity index (χ0v) is 7.05. The van der Waals surface area contributed by atoms with Gasteiger partial charge in [0.1, 0.15) is 11.5 Å². The first-order valence-corrected chi connectivity index (χ1v) is 4.17. The van der Waals surface area contributed by atoms with Gasteiger partial charge in [0.2, 0.25) is 0 Å². The summed E-state index contributed by atoms with van der Waals surface area (Å²) < 4.78 is 13.1. The van der Waals surface area contributed by atoms with Crippen molar-refractivity contribution in [2.75, 3.05) is 13.1 Å². The van der Waals surface area contributed by atoms with Gasteiger partial charge in [-0.25, -0.2) is 9.38 Å². The van der Waals surface area contributed by atoms with Gasteiger partial charge in [-0.1, -0.05) is 12.1 Å². The number of nitrogens with one attached hydrogen (secondary N) is 2. The fourth-order valence-corrected chi connectivity index (χ4v) is 1.17. The lowest BCUT2D eigenvalue weighted by molar-refractivity contribution is 0.629. The van der Waals surface area contributed by atoms with Crippen molar-refractivity contribution in [2.24, 2.45) is 4.99 Å². The van der Waals surface area contributed by atoms with Crippen LogP contribution in [-0.2, 0) is 0 Å². The second-order valence-corrected chi connectivity index (χ2v) is 2.77. The largest absolute Gasteiger partial charge is 0.354 e. The first kappa shape index (κ1) is 8.04. The van der Waals surface area contributed by atoms with Crippen molar-refractivity contribution in [2.45, 2.75) is 0 Å². The quantitative estimate of drug-likeness (QED) is 0.675. The van der Waals surface area contributed by atoms with Crippen LogP contribution in [0, 0.1) is 5.82 Å². The molecule has 0 amide bonds. The van der Waals surface area contributed by atoms with Crippen LogP contribution in [0.15, 0.2) is 29.3 Å². The van der Waals surface area contributed by atoms with Gasteiger partial charge in [0.25, 0.3) is 0 Å². The number of benzene rings is 1. The Morgan fingerprint density at radius 2 is 1.85 bits per heavy atom. The van der Waals surface area contributed by atoms with Crippen molar-refractivity contribution in [3.63, 3.8) is 0 Å². The highest BCUT2D eigenvalue weighted by Gasteiger charge is 2.06. The molecule has 68 valence electrons. The monoisotopic (exact) mass is 179 g/mol. The van der Waals surface area contributed by atoms with Gasteiger partial charge in [0, 0.05) is 13.1 Å². The molecule has 0 aromatic heterocycles. The maximum atomic E-state index is 13.1. The summed E-state index contributed by atoms with van der Waals surface area (Å²) in [6.45, 7) is 1.68. The standard InChI is InChI=1S/C9H10FN3/c10-7-3-1-2-4-8(7)13-9-11-5-6-12-9/h1-4H,5-6H2,(H2,11,12,13). The van der Waals surface area contributed by atoms with E-state index >= 15 is 0 Å². The van der Waals surface area contributed by atoms with Crippen molar-refractivity contribution in [3.05, 3.63) is 30.1 Å². The van der Waals surface area contributed by atoms with Gasteiger partial charge >= 0.3 is 0 Å². The molecule has 0 aliphatic carbocycles. The van der Waals surface area contributed by atoms with E-state index in [0.29, 0.717) is 11.6 Å². The van der Waals surface area contributed by atoms with Crippen molar-refractivity contribution >= 4 is 11.6 Å². The number of rotatable bonds is 1. The molecule has 0 atom stereocenters. The second-order valence-electron chi connectivity index (χ2n) is 2.77. The molecule has 0 spiro atoms. The van der Waals surface area contributed by atoms with Crippen molar-refractivity contribution in [3.8, 4) is 0 Å². The molecule has 1 heterocycles. The third-order valence-electron chi connectivity index (χ3n) is 1.79. The fourth-order valence-electron chi connectivity index (χ4n) is 1.17. The van der Waals surface area contributed by atoms with Crippen LogP contribution in [0.3, 0.4) is 0 Å². The summed E-state index contributed by atoms with van der Waals surface area (Å²) in [5.41, 5.74) is 0.361. The number of halogens is 1. The van der Waals surface area contributed by atoms with Gasteiger partial charge in [0.15, 0.2) is 5.96 Å². The van der Waals surface area contributed by atoms with Crippen molar-refractivity contribution in [1.82, 2.24) is 10.6 Å². The van der Waals surface area contributed by atoms with Crippen LogP contribution in [-0.4, -0.2) is 19.0 Å². The Labute approximate surface area is 75.7 Å². The lowest BCUT2D eigenvalue weighted by Crippen LogP contribution is -2.23. The van der Waals surface area contributed by atoms with Crippen molar-refractivity contribution in [1.29, 1.82) is 0 Å². The Morgan fingerprint density at radius 3 is 2.54 bits per heavy atom. The number of nitrogens with zero attached hydrogens (tertiary/aromatic N) is 1. The van der Waals surface area contributed by atoms with Gasteiger partial charge in [0.05, 0.1) is 0 Å². The number of para-hydroxylation sites is 1. The molecule has 13 heavy (non-hydrogen) atoms. The van der Waals surface area contributed by atoms with Gasteiger partial charge in [-0.05, 0) is 12.1 Å². The van der Waals surface area contributed by atoms with Gasteiger partial charge in [-0.3, -0.25) is 0 Å². The van der Waals surface area contributed by atoms with Gasteiger partial charge in [-0.15, -0.1) is 0 Å². The van der Waals surface area contributed by atoms with E-state index in [1.807, 2.05) is 0 Å². The Morgan fingerprint density at radius 1 is 1.15 bits per heavy atom. The molecule has 1 aliphatic rings. The number of hydrogen-bond donors (Lipinski definition) is 2. The van der Waals surface area contributed by atoms with E-state index in [4.69, 9.17) is 0 Å². The van der Waals surface area contributed by atoms with Gasteiger partial charge in [-0.2, -0.15) is 0 Å². The lowest BCUT2D eigenvalue weighted by atomic mass is 10.3. The van der Waals surface area contributed by atoms with E-state index in [0.717, 1.165) is 13.1 Å². The highest BCUT2D eigenvalue weighted by Crippen LogP contribution is 2.15. The topological polar surface area (TPSA) is 36.4 Å². The molecule has 1 aromatic rings. The zero-order valence-electron chi connectivity index (χ0n) is 7.05. The van der Waals surface area contributed by atoms with E-state index in [2.05, 4.69) is 15.6 Å². The highest BCUT2D eigenvalue weighted by atomic mass is 19.1. The lowest BCUT2D eigenvalue weighted by Gasteiger charge is -1.99. The predicted octanol–water partition coefficient (Wildman–Crippen LogP) is 1.01. The first-order valence-electron chi connectivity index (χ1n) is 4.17. The molecule has 0 bridgehead atoms. The number of aliphatic imine (C=N–C) groups is 1. The molecule has 0 saturated carbocycles. The van der Waals surface area contributed by atoms with Crippen LogP contribution in [0.5, 0.6) is 0 Å². The van der Waals surface area contributed by atoms with E-state index in [1.165, 1.54) is 6.07 Å². The molecular weight excluding hydrogens is 169 g/mol. The third kappa shape index (κ3) is 1.77. The van der Waals surface area contributed by atoms with E-state index < -0.39 is 0 Å². The summed E-state index contributed by atoms with van der Waals surface area (Å²) in [7, 11) is 0. The number of guanidine groups is 1. The van der Waals surface area contributed by atoms with E-state index in [-0.39, 0.29) is 5.82 Å². The molecule has 0 radical (unpaired) electrons. The van der Waals surface area contributed by atoms with E-state index in [1.54, 1.807) is 18.2 Å². The summed E-state index contributed by atoms with van der Waals surface area (Å²) in [6.07, 6.45) is 0. The third-order valence-corrected chi connectivity index (χ3v) is 1.79. The average Bonchev–Trinajstić information content (AvgIpc) is 2.61. The van der Waals surface area contributed by atoms with Crippen LogP contribution in [0.1, 0.15) is 0 Å². The van der Waals surface area contributed by atoms with Crippen LogP contribution in [0.2, 0.25) is 0 Å². The molecule has 1 saturated heterocycles. The Balaban J connectivity index is 2.25. The molecule has 3 nitrogen and oxygen atoms in total. The summed E-state index contributed by atoms with van der Waals surface area (Å²) in [5, 5.41) is 6.01. The minimum absolute atomic E-state index is 0.300. The zero-order chi connectivity index (χ0) is 9.10. The molecule has 1 fully saturated rings. The Bertz CT molecular complexity index is 327. The maximum absolute atomic E-state index is 13.1. The molecular formula is C9H10FN3. The maximum Gasteiger partial charge on any atom is 0.196 e. The Kier molecular flexibility index (Phi) is 2.12. The van der Waals surface area contributed by atoms with Crippen LogP contribution < -0.4 is 10.6 Å².